The molecule has 0 saturated heterocycles. The number of aromatic nitrogens is 2. The molecule has 8 heteroatoms. The summed E-state index contributed by atoms with van der Waals surface area (Å²) in [6, 6.07) is 11.3. The maximum atomic E-state index is 12.7. The highest BCUT2D eigenvalue weighted by Gasteiger charge is 2.16. The van der Waals surface area contributed by atoms with Crippen molar-refractivity contribution in [2.75, 3.05) is 23.8 Å². The minimum absolute atomic E-state index is 0.0847. The maximum absolute atomic E-state index is 12.7. The Labute approximate surface area is 166 Å². The molecule has 0 aliphatic heterocycles. The first kappa shape index (κ1) is 19.4. The van der Waals surface area contributed by atoms with Crippen LogP contribution in [0.4, 0.5) is 11.4 Å². The smallest absolute Gasteiger partial charge is 0.335 e. The molecule has 3 aromatic rings. The number of H-pyrrole nitrogens is 1. The number of halogens is 1. The van der Waals surface area contributed by atoms with E-state index in [1.165, 1.54) is 12.1 Å². The van der Waals surface area contributed by atoms with Gasteiger partial charge >= 0.3 is 5.97 Å². The molecule has 1 amide bonds. The number of amides is 1. The minimum Gasteiger partial charge on any atom is -0.478 e. The molecular weight excluding hydrogens is 380 g/mol. The molecule has 28 heavy (non-hydrogen) atoms. The summed E-state index contributed by atoms with van der Waals surface area (Å²) in [6.45, 7) is 0.654. The van der Waals surface area contributed by atoms with Gasteiger partial charge in [0.15, 0.2) is 0 Å². The topological polar surface area (TPSA) is 98.3 Å². The van der Waals surface area contributed by atoms with Crippen molar-refractivity contribution in [1.82, 2.24) is 10.2 Å². The van der Waals surface area contributed by atoms with Crippen molar-refractivity contribution >= 4 is 34.9 Å². The largest absolute Gasteiger partial charge is 0.478 e. The number of carboxylic acid groups (broad SMARTS) is 1. The molecular formula is C20H19ClN4O3. The first-order valence-electron chi connectivity index (χ1n) is 8.57. The van der Waals surface area contributed by atoms with E-state index < -0.39 is 11.9 Å². The van der Waals surface area contributed by atoms with Crippen molar-refractivity contribution in [1.29, 1.82) is 0 Å². The average Bonchev–Trinajstić information content (AvgIpc) is 3.20. The van der Waals surface area contributed by atoms with Gasteiger partial charge in [-0.3, -0.25) is 9.89 Å². The van der Waals surface area contributed by atoms with Crippen LogP contribution >= 0.6 is 11.6 Å². The third-order valence-corrected chi connectivity index (χ3v) is 4.64. The molecule has 3 rings (SSSR count). The summed E-state index contributed by atoms with van der Waals surface area (Å²) >= 11 is 6.10. The second-order valence-corrected chi connectivity index (χ2v) is 6.66. The summed E-state index contributed by atoms with van der Waals surface area (Å²) in [5.41, 5.74) is 2.56. The summed E-state index contributed by atoms with van der Waals surface area (Å²) in [4.78, 5) is 26.0. The van der Waals surface area contributed by atoms with E-state index in [1.807, 2.05) is 18.1 Å². The third-order valence-electron chi connectivity index (χ3n) is 4.31. The molecule has 7 nitrogen and oxygen atoms in total. The van der Waals surface area contributed by atoms with E-state index >= 15 is 0 Å². The van der Waals surface area contributed by atoms with Gasteiger partial charge in [0.25, 0.3) is 5.91 Å². The minimum atomic E-state index is -1.07. The fourth-order valence-electron chi connectivity index (χ4n) is 2.77. The summed E-state index contributed by atoms with van der Waals surface area (Å²) in [5, 5.41) is 19.1. The van der Waals surface area contributed by atoms with Gasteiger partial charge in [-0.05, 0) is 42.3 Å². The van der Waals surface area contributed by atoms with Gasteiger partial charge in [-0.15, -0.1) is 0 Å². The number of carbonyl (C=O) groups excluding carboxylic acids is 1. The molecule has 1 aromatic heterocycles. The first-order chi connectivity index (χ1) is 13.5. The Bertz CT molecular complexity index is 989. The number of hydrogen-bond donors (Lipinski definition) is 3. The molecule has 0 aliphatic carbocycles. The Morgan fingerprint density at radius 1 is 1.25 bits per heavy atom. The van der Waals surface area contributed by atoms with E-state index in [0.717, 1.165) is 12.0 Å². The van der Waals surface area contributed by atoms with Crippen molar-refractivity contribution in [2.45, 2.75) is 6.42 Å². The lowest BCUT2D eigenvalue weighted by Gasteiger charge is -2.23. The Hall–Kier alpha value is -3.32. The van der Waals surface area contributed by atoms with Gasteiger partial charge in [-0.25, -0.2) is 4.79 Å². The molecule has 0 spiro atoms. The van der Waals surface area contributed by atoms with Crippen LogP contribution in [-0.4, -0.2) is 40.8 Å². The highest BCUT2D eigenvalue weighted by molar-refractivity contribution is 6.34. The quantitative estimate of drug-likeness (QED) is 0.563. The number of likely N-dealkylation sites (N-methyl/N-ethyl adjacent to an activating group) is 1. The van der Waals surface area contributed by atoms with Crippen LogP contribution in [0, 0.1) is 0 Å². The number of benzene rings is 2. The Balaban J connectivity index is 1.86. The summed E-state index contributed by atoms with van der Waals surface area (Å²) in [7, 11) is 1.88. The number of rotatable bonds is 7. The predicted molar refractivity (Wildman–Crippen MR) is 108 cm³/mol. The molecule has 0 atom stereocenters. The predicted octanol–water partition coefficient (Wildman–Crippen LogP) is 3.69. The van der Waals surface area contributed by atoms with Crippen LogP contribution < -0.4 is 10.2 Å². The lowest BCUT2D eigenvalue weighted by atomic mass is 10.1. The van der Waals surface area contributed by atoms with Crippen LogP contribution in [0.5, 0.6) is 0 Å². The van der Waals surface area contributed by atoms with E-state index in [4.69, 9.17) is 11.6 Å². The molecule has 0 aliphatic rings. The van der Waals surface area contributed by atoms with Gasteiger partial charge in [0.05, 0.1) is 33.7 Å². The average molecular weight is 399 g/mol. The molecule has 0 bridgehead atoms. The summed E-state index contributed by atoms with van der Waals surface area (Å²) in [6.07, 6.45) is 4.31. The van der Waals surface area contributed by atoms with E-state index in [1.54, 1.807) is 36.5 Å². The van der Waals surface area contributed by atoms with Crippen molar-refractivity contribution in [3.05, 3.63) is 76.6 Å². The lowest BCUT2D eigenvalue weighted by Crippen LogP contribution is -2.23. The van der Waals surface area contributed by atoms with Crippen LogP contribution in [0.1, 0.15) is 26.3 Å². The lowest BCUT2D eigenvalue weighted by molar-refractivity contribution is 0.0696. The maximum Gasteiger partial charge on any atom is 0.335 e. The zero-order valence-corrected chi connectivity index (χ0v) is 15.9. The Kier molecular flexibility index (Phi) is 5.96. The zero-order valence-electron chi connectivity index (χ0n) is 15.1. The van der Waals surface area contributed by atoms with Gasteiger partial charge in [0.1, 0.15) is 0 Å². The number of hydrogen-bond acceptors (Lipinski definition) is 4. The molecule has 1 heterocycles. The SMILES string of the molecule is CN(CCc1cn[nH]c1)c1ccc(C(=O)O)cc1NC(=O)c1ccccc1Cl. The molecule has 0 fully saturated rings. The van der Waals surface area contributed by atoms with Crippen LogP contribution in [0.15, 0.2) is 54.9 Å². The van der Waals surface area contributed by atoms with Crippen LogP contribution in [-0.2, 0) is 6.42 Å². The molecule has 3 N–H and O–H groups in total. The highest BCUT2D eigenvalue weighted by Crippen LogP contribution is 2.28. The number of carbonyl (C=O) groups is 2. The second-order valence-electron chi connectivity index (χ2n) is 6.25. The van der Waals surface area contributed by atoms with Gasteiger partial charge in [-0.2, -0.15) is 5.10 Å². The summed E-state index contributed by atoms with van der Waals surface area (Å²) in [5.74, 6) is -1.47. The Morgan fingerprint density at radius 3 is 2.71 bits per heavy atom. The van der Waals surface area contributed by atoms with Crippen LogP contribution in [0.25, 0.3) is 0 Å². The van der Waals surface area contributed by atoms with Gasteiger partial charge in [0.2, 0.25) is 0 Å². The van der Waals surface area contributed by atoms with E-state index in [2.05, 4.69) is 15.5 Å². The van der Waals surface area contributed by atoms with Crippen molar-refractivity contribution in [3.63, 3.8) is 0 Å². The number of aromatic amines is 1. The second kappa shape index (κ2) is 8.58. The van der Waals surface area contributed by atoms with Crippen LogP contribution in [0.3, 0.4) is 0 Å². The highest BCUT2D eigenvalue weighted by atomic mass is 35.5. The molecule has 0 saturated carbocycles. The zero-order chi connectivity index (χ0) is 20.1. The Morgan fingerprint density at radius 2 is 2.04 bits per heavy atom. The number of aromatic carboxylic acids is 1. The standard InChI is InChI=1S/C20H19ClN4O3/c1-25(9-8-13-11-22-23-12-13)18-7-6-14(20(27)28)10-17(18)24-19(26)15-4-2-3-5-16(15)21/h2-7,10-12H,8-9H2,1H3,(H,22,23)(H,24,26)(H,27,28). The molecule has 144 valence electrons. The normalized spacial score (nSPS) is 10.5. The van der Waals surface area contributed by atoms with Crippen molar-refractivity contribution in [2.24, 2.45) is 0 Å². The first-order valence-corrected chi connectivity index (χ1v) is 8.95. The van der Waals surface area contributed by atoms with Crippen LogP contribution in [0.2, 0.25) is 5.02 Å². The number of carboxylic acids is 1. The van der Waals surface area contributed by atoms with E-state index in [9.17, 15) is 14.7 Å². The molecule has 0 unspecified atom stereocenters. The van der Waals surface area contributed by atoms with E-state index in [-0.39, 0.29) is 5.56 Å². The summed E-state index contributed by atoms with van der Waals surface area (Å²) < 4.78 is 0. The van der Waals surface area contributed by atoms with Gasteiger partial charge in [0, 0.05) is 19.8 Å². The van der Waals surface area contributed by atoms with Gasteiger partial charge in [-0.1, -0.05) is 23.7 Å². The van der Waals surface area contributed by atoms with Gasteiger partial charge < -0.3 is 15.3 Å². The van der Waals surface area contributed by atoms with E-state index in [0.29, 0.717) is 28.5 Å². The van der Waals surface area contributed by atoms with Crippen molar-refractivity contribution in [3.8, 4) is 0 Å². The molecule has 0 radical (unpaired) electrons. The fraction of sp³-hybridized carbons (Fsp3) is 0.150. The fourth-order valence-corrected chi connectivity index (χ4v) is 2.99. The number of nitrogens with one attached hydrogen (secondary N) is 2. The number of anilines is 2. The van der Waals surface area contributed by atoms with Crippen molar-refractivity contribution < 1.29 is 14.7 Å². The third kappa shape index (κ3) is 4.50. The monoisotopic (exact) mass is 398 g/mol. The number of nitrogens with zero attached hydrogens (tertiary/aromatic N) is 2. The molecule has 2 aromatic carbocycles.